The summed E-state index contributed by atoms with van der Waals surface area (Å²) < 4.78 is 0. The van der Waals surface area contributed by atoms with Crippen molar-refractivity contribution in [3.05, 3.63) is 58.1 Å². The van der Waals surface area contributed by atoms with Gasteiger partial charge in [0.15, 0.2) is 17.3 Å². The molecular weight excluding hydrogens is 384 g/mol. The van der Waals surface area contributed by atoms with Gasteiger partial charge in [0.1, 0.15) is 5.92 Å². The smallest absolute Gasteiger partial charge is 0.160 e. The third-order valence-electron chi connectivity index (χ3n) is 6.22. The molecule has 0 aromatic heterocycles. The number of rotatable bonds is 3. The Hall–Kier alpha value is -2.26. The fourth-order valence-electron chi connectivity index (χ4n) is 4.32. The average Bonchev–Trinajstić information content (AvgIpc) is 2.68. The lowest BCUT2D eigenvalue weighted by Crippen LogP contribution is -2.56. The van der Waals surface area contributed by atoms with E-state index >= 15 is 0 Å². The lowest BCUT2D eigenvalue weighted by molar-refractivity contribution is -0.157. The Morgan fingerprint density at radius 2 is 1.38 bits per heavy atom. The summed E-state index contributed by atoms with van der Waals surface area (Å²) in [7, 11) is 0. The second-order valence-corrected chi connectivity index (χ2v) is 9.38. The SMILES string of the molecule is CCc1ccc(-c2ccc(Cl)c(C)c2)cc1C1C(=O)C(C)(C)C(=O)C(C)(C)C1=O. The van der Waals surface area contributed by atoms with Gasteiger partial charge in [-0.05, 0) is 87.1 Å². The van der Waals surface area contributed by atoms with Crippen LogP contribution in [-0.2, 0) is 20.8 Å². The molecule has 1 fully saturated rings. The van der Waals surface area contributed by atoms with Crippen LogP contribution in [0.2, 0.25) is 5.02 Å². The van der Waals surface area contributed by atoms with Gasteiger partial charge >= 0.3 is 0 Å². The predicted octanol–water partition coefficient (Wildman–Crippen LogP) is 5.73. The number of carbonyl (C=O) groups is 3. The molecule has 3 rings (SSSR count). The van der Waals surface area contributed by atoms with Gasteiger partial charge in [-0.15, -0.1) is 0 Å². The van der Waals surface area contributed by atoms with Crippen LogP contribution in [0.5, 0.6) is 0 Å². The molecule has 0 saturated heterocycles. The molecule has 0 amide bonds. The van der Waals surface area contributed by atoms with Crippen LogP contribution in [0.4, 0.5) is 0 Å². The molecule has 0 bridgehead atoms. The van der Waals surface area contributed by atoms with Gasteiger partial charge in [0.25, 0.3) is 0 Å². The standard InChI is InChI=1S/C25H27ClO3/c1-7-15-8-9-17(16-10-11-19(26)14(2)12-16)13-18(15)20-21(27)24(3,4)23(29)25(5,6)22(20)28/h8-13,20H,7H2,1-6H3. The lowest BCUT2D eigenvalue weighted by atomic mass is 9.57. The van der Waals surface area contributed by atoms with Crippen molar-refractivity contribution in [3.8, 4) is 11.1 Å². The Bertz CT molecular complexity index is 1000. The van der Waals surface area contributed by atoms with Gasteiger partial charge in [0.2, 0.25) is 0 Å². The molecule has 3 nitrogen and oxygen atoms in total. The maximum Gasteiger partial charge on any atom is 0.160 e. The van der Waals surface area contributed by atoms with Crippen molar-refractivity contribution in [2.75, 3.05) is 0 Å². The number of Topliss-reactive ketones (excluding diaryl/α,β-unsaturated/α-hetero) is 3. The molecule has 0 aliphatic heterocycles. The molecule has 0 N–H and O–H groups in total. The summed E-state index contributed by atoms with van der Waals surface area (Å²) >= 11 is 6.16. The van der Waals surface area contributed by atoms with E-state index in [4.69, 9.17) is 11.6 Å². The molecule has 2 aromatic carbocycles. The normalized spacial score (nSPS) is 18.9. The molecule has 0 spiro atoms. The first-order valence-electron chi connectivity index (χ1n) is 9.95. The number of carbonyl (C=O) groups excluding carboxylic acids is 3. The molecule has 152 valence electrons. The summed E-state index contributed by atoms with van der Waals surface area (Å²) in [6.45, 7) is 10.5. The minimum atomic E-state index is -1.19. The van der Waals surface area contributed by atoms with E-state index in [1.165, 1.54) is 0 Å². The van der Waals surface area contributed by atoms with Crippen molar-refractivity contribution in [1.29, 1.82) is 0 Å². The molecule has 1 saturated carbocycles. The number of benzene rings is 2. The highest BCUT2D eigenvalue weighted by Crippen LogP contribution is 2.46. The van der Waals surface area contributed by atoms with Crippen LogP contribution in [-0.4, -0.2) is 17.3 Å². The molecule has 0 atom stereocenters. The largest absolute Gasteiger partial charge is 0.298 e. The number of ketones is 3. The second kappa shape index (κ2) is 7.21. The van der Waals surface area contributed by atoms with Crippen molar-refractivity contribution in [1.82, 2.24) is 0 Å². The van der Waals surface area contributed by atoms with Gasteiger partial charge in [-0.3, -0.25) is 14.4 Å². The van der Waals surface area contributed by atoms with E-state index < -0.39 is 16.7 Å². The quantitative estimate of drug-likeness (QED) is 0.606. The number of hydrogen-bond donors (Lipinski definition) is 0. The van der Waals surface area contributed by atoms with Crippen LogP contribution >= 0.6 is 11.6 Å². The Balaban J connectivity index is 2.20. The lowest BCUT2D eigenvalue weighted by Gasteiger charge is -2.41. The van der Waals surface area contributed by atoms with Gasteiger partial charge in [0.05, 0.1) is 10.8 Å². The van der Waals surface area contributed by atoms with Gasteiger partial charge in [0, 0.05) is 5.02 Å². The Labute approximate surface area is 177 Å². The minimum Gasteiger partial charge on any atom is -0.298 e. The van der Waals surface area contributed by atoms with Crippen LogP contribution < -0.4 is 0 Å². The maximum atomic E-state index is 13.3. The first-order chi connectivity index (χ1) is 13.4. The van der Waals surface area contributed by atoms with Crippen molar-refractivity contribution in [3.63, 3.8) is 0 Å². The zero-order valence-electron chi connectivity index (χ0n) is 17.9. The highest BCUT2D eigenvalue weighted by Gasteiger charge is 2.58. The molecule has 29 heavy (non-hydrogen) atoms. The summed E-state index contributed by atoms with van der Waals surface area (Å²) in [6.07, 6.45) is 0.696. The molecule has 0 heterocycles. The fourth-order valence-corrected chi connectivity index (χ4v) is 4.44. The predicted molar refractivity (Wildman–Crippen MR) is 116 cm³/mol. The van der Waals surface area contributed by atoms with E-state index in [2.05, 4.69) is 0 Å². The molecule has 1 aliphatic rings. The highest BCUT2D eigenvalue weighted by molar-refractivity contribution is 6.31. The number of aryl methyl sites for hydroxylation is 2. The van der Waals surface area contributed by atoms with Crippen molar-refractivity contribution in [2.45, 2.75) is 53.9 Å². The molecule has 0 radical (unpaired) electrons. The number of hydrogen-bond acceptors (Lipinski definition) is 3. The zero-order valence-corrected chi connectivity index (χ0v) is 18.6. The number of halogens is 1. The Kier molecular flexibility index (Phi) is 5.33. The monoisotopic (exact) mass is 410 g/mol. The van der Waals surface area contributed by atoms with Gasteiger partial charge in [-0.2, -0.15) is 0 Å². The maximum absolute atomic E-state index is 13.3. The average molecular weight is 411 g/mol. The molecule has 1 aliphatic carbocycles. The van der Waals surface area contributed by atoms with Gasteiger partial charge in [-0.25, -0.2) is 0 Å². The zero-order chi connectivity index (χ0) is 21.7. The van der Waals surface area contributed by atoms with Gasteiger partial charge in [-0.1, -0.05) is 36.7 Å². The van der Waals surface area contributed by atoms with Crippen LogP contribution in [0.1, 0.15) is 57.2 Å². The Morgan fingerprint density at radius 3 is 1.90 bits per heavy atom. The summed E-state index contributed by atoms with van der Waals surface area (Å²) in [4.78, 5) is 39.4. The highest BCUT2D eigenvalue weighted by atomic mass is 35.5. The molecule has 2 aromatic rings. The summed E-state index contributed by atoms with van der Waals surface area (Å²) in [5.41, 5.74) is 2.13. The van der Waals surface area contributed by atoms with Crippen LogP contribution in [0.3, 0.4) is 0 Å². The first-order valence-corrected chi connectivity index (χ1v) is 10.3. The van der Waals surface area contributed by atoms with Crippen LogP contribution in [0.25, 0.3) is 11.1 Å². The van der Waals surface area contributed by atoms with E-state index in [1.807, 2.05) is 50.2 Å². The van der Waals surface area contributed by atoms with E-state index in [9.17, 15) is 14.4 Å². The third kappa shape index (κ3) is 3.36. The Morgan fingerprint density at radius 1 is 0.862 bits per heavy atom. The summed E-state index contributed by atoms with van der Waals surface area (Å²) in [6, 6.07) is 11.7. The first kappa shape index (κ1) is 21.4. The van der Waals surface area contributed by atoms with Crippen LogP contribution in [0.15, 0.2) is 36.4 Å². The topological polar surface area (TPSA) is 51.2 Å². The van der Waals surface area contributed by atoms with E-state index in [-0.39, 0.29) is 17.3 Å². The van der Waals surface area contributed by atoms with E-state index in [0.29, 0.717) is 17.0 Å². The molecular formula is C25H27ClO3. The van der Waals surface area contributed by atoms with Crippen molar-refractivity contribution in [2.24, 2.45) is 10.8 Å². The fraction of sp³-hybridized carbons (Fsp3) is 0.400. The van der Waals surface area contributed by atoms with Gasteiger partial charge < -0.3 is 0 Å². The summed E-state index contributed by atoms with van der Waals surface area (Å²) in [5, 5.41) is 0.693. The third-order valence-corrected chi connectivity index (χ3v) is 6.64. The minimum absolute atomic E-state index is 0.307. The van der Waals surface area contributed by atoms with Crippen molar-refractivity contribution >= 4 is 29.0 Å². The summed E-state index contributed by atoms with van der Waals surface area (Å²) in [5.74, 6) is -1.86. The molecule has 0 unspecified atom stereocenters. The molecule has 4 heteroatoms. The van der Waals surface area contributed by atoms with Crippen molar-refractivity contribution < 1.29 is 14.4 Å². The van der Waals surface area contributed by atoms with E-state index in [1.54, 1.807) is 27.7 Å². The van der Waals surface area contributed by atoms with E-state index in [0.717, 1.165) is 22.3 Å². The van der Waals surface area contributed by atoms with Crippen LogP contribution in [0, 0.1) is 17.8 Å². The second-order valence-electron chi connectivity index (χ2n) is 8.97.